The van der Waals surface area contributed by atoms with Crippen LogP contribution in [-0.2, 0) is 21.4 Å². The standard InChI is InChI=1S/C18H21N3O5S/c1-2-27(23,24)21(13-18(22)20-12-14-5-7-19-8-6-14)15-3-4-16-17(11-15)26-10-9-25-16/h3-8,11H,2,9-10,12-13H2,1H3,(H,20,22). The number of fused-ring (bicyclic) bond motifs is 1. The Labute approximate surface area is 158 Å². The molecule has 1 aliphatic heterocycles. The van der Waals surface area contributed by atoms with Gasteiger partial charge in [-0.2, -0.15) is 0 Å². The van der Waals surface area contributed by atoms with E-state index in [-0.39, 0.29) is 12.3 Å². The fraction of sp³-hybridized carbons (Fsp3) is 0.333. The Bertz CT molecular complexity index is 902. The molecule has 0 unspecified atom stereocenters. The molecule has 9 heteroatoms. The van der Waals surface area contributed by atoms with Crippen molar-refractivity contribution in [2.24, 2.45) is 0 Å². The summed E-state index contributed by atoms with van der Waals surface area (Å²) in [5, 5.41) is 2.73. The molecule has 0 spiro atoms. The minimum Gasteiger partial charge on any atom is -0.486 e. The van der Waals surface area contributed by atoms with Crippen LogP contribution in [0.1, 0.15) is 12.5 Å². The maximum absolute atomic E-state index is 12.5. The van der Waals surface area contributed by atoms with Gasteiger partial charge in [-0.05, 0) is 36.8 Å². The molecule has 27 heavy (non-hydrogen) atoms. The SMILES string of the molecule is CCS(=O)(=O)N(CC(=O)NCc1ccncc1)c1ccc2c(c1)OCCO2. The summed E-state index contributed by atoms with van der Waals surface area (Å²) in [5.74, 6) is 0.492. The maximum atomic E-state index is 12.5. The zero-order valence-electron chi connectivity index (χ0n) is 14.9. The number of benzene rings is 1. The van der Waals surface area contributed by atoms with Gasteiger partial charge in [0.15, 0.2) is 11.5 Å². The van der Waals surface area contributed by atoms with Crippen LogP contribution in [-0.4, -0.2) is 44.8 Å². The first-order valence-corrected chi connectivity index (χ1v) is 10.2. The van der Waals surface area contributed by atoms with Gasteiger partial charge in [0.1, 0.15) is 19.8 Å². The highest BCUT2D eigenvalue weighted by atomic mass is 32.2. The topological polar surface area (TPSA) is 97.8 Å². The minimum absolute atomic E-state index is 0.126. The molecule has 144 valence electrons. The number of hydrogen-bond acceptors (Lipinski definition) is 6. The summed E-state index contributed by atoms with van der Waals surface area (Å²) in [4.78, 5) is 16.3. The molecule has 8 nitrogen and oxygen atoms in total. The Kier molecular flexibility index (Phi) is 5.80. The van der Waals surface area contributed by atoms with E-state index >= 15 is 0 Å². The zero-order chi connectivity index (χ0) is 19.3. The molecular weight excluding hydrogens is 370 g/mol. The van der Waals surface area contributed by atoms with Crippen molar-refractivity contribution in [1.82, 2.24) is 10.3 Å². The predicted octanol–water partition coefficient (Wildman–Crippen LogP) is 1.33. The predicted molar refractivity (Wildman–Crippen MR) is 100 cm³/mol. The van der Waals surface area contributed by atoms with Crippen molar-refractivity contribution < 1.29 is 22.7 Å². The van der Waals surface area contributed by atoms with Crippen molar-refractivity contribution in [2.75, 3.05) is 29.8 Å². The highest BCUT2D eigenvalue weighted by molar-refractivity contribution is 7.92. The lowest BCUT2D eigenvalue weighted by atomic mass is 10.2. The van der Waals surface area contributed by atoms with Crippen molar-refractivity contribution in [3.63, 3.8) is 0 Å². The van der Waals surface area contributed by atoms with Crippen molar-refractivity contribution in [3.8, 4) is 11.5 Å². The molecular formula is C18H21N3O5S. The fourth-order valence-corrected chi connectivity index (χ4v) is 3.64. The molecule has 1 aliphatic rings. The van der Waals surface area contributed by atoms with E-state index in [2.05, 4.69) is 10.3 Å². The van der Waals surface area contributed by atoms with E-state index in [1.54, 1.807) is 42.7 Å². The molecule has 3 rings (SSSR count). The lowest BCUT2D eigenvalue weighted by Crippen LogP contribution is -2.41. The van der Waals surface area contributed by atoms with Gasteiger partial charge in [-0.1, -0.05) is 0 Å². The number of hydrogen-bond donors (Lipinski definition) is 1. The number of amides is 1. The molecule has 0 fully saturated rings. The Balaban J connectivity index is 1.77. The number of aromatic nitrogens is 1. The van der Waals surface area contributed by atoms with Gasteiger partial charge >= 0.3 is 0 Å². The van der Waals surface area contributed by atoms with Gasteiger partial charge in [0, 0.05) is 25.0 Å². The number of sulfonamides is 1. The number of anilines is 1. The van der Waals surface area contributed by atoms with E-state index in [0.29, 0.717) is 36.9 Å². The summed E-state index contributed by atoms with van der Waals surface area (Å²) >= 11 is 0. The third-order valence-electron chi connectivity index (χ3n) is 4.04. The highest BCUT2D eigenvalue weighted by Crippen LogP contribution is 2.34. The van der Waals surface area contributed by atoms with Crippen molar-refractivity contribution in [2.45, 2.75) is 13.5 Å². The third kappa shape index (κ3) is 4.68. The molecule has 0 saturated carbocycles. The third-order valence-corrected chi connectivity index (χ3v) is 5.78. The molecule has 1 aromatic carbocycles. The molecule has 0 radical (unpaired) electrons. The van der Waals surface area contributed by atoms with E-state index in [1.165, 1.54) is 6.92 Å². The van der Waals surface area contributed by atoms with Crippen LogP contribution in [0.25, 0.3) is 0 Å². The molecule has 0 atom stereocenters. The molecule has 1 N–H and O–H groups in total. The highest BCUT2D eigenvalue weighted by Gasteiger charge is 2.25. The van der Waals surface area contributed by atoms with Crippen molar-refractivity contribution >= 4 is 21.6 Å². The molecule has 1 amide bonds. The largest absolute Gasteiger partial charge is 0.486 e. The molecule has 1 aromatic heterocycles. The van der Waals surface area contributed by atoms with E-state index in [4.69, 9.17) is 9.47 Å². The molecule has 0 bridgehead atoms. The Hall–Kier alpha value is -2.81. The summed E-state index contributed by atoms with van der Waals surface area (Å²) < 4.78 is 37.2. The zero-order valence-corrected chi connectivity index (χ0v) is 15.7. The molecule has 0 aliphatic carbocycles. The second-order valence-corrected chi connectivity index (χ2v) is 8.05. The molecule has 2 aromatic rings. The maximum Gasteiger partial charge on any atom is 0.241 e. The quantitative estimate of drug-likeness (QED) is 0.765. The van der Waals surface area contributed by atoms with Gasteiger partial charge in [0.2, 0.25) is 15.9 Å². The van der Waals surface area contributed by atoms with Gasteiger partial charge in [-0.25, -0.2) is 8.42 Å². The van der Waals surface area contributed by atoms with Crippen molar-refractivity contribution in [3.05, 3.63) is 48.3 Å². The summed E-state index contributed by atoms with van der Waals surface area (Å²) in [6.07, 6.45) is 3.26. The number of ether oxygens (including phenoxy) is 2. The van der Waals surface area contributed by atoms with Crippen LogP contribution in [0, 0.1) is 0 Å². The number of nitrogens with zero attached hydrogens (tertiary/aromatic N) is 2. The van der Waals surface area contributed by atoms with Crippen LogP contribution in [0.3, 0.4) is 0 Å². The van der Waals surface area contributed by atoms with Crippen LogP contribution in [0.2, 0.25) is 0 Å². The molecule has 0 saturated heterocycles. The first-order chi connectivity index (χ1) is 13.0. The Morgan fingerprint density at radius 2 is 1.85 bits per heavy atom. The first-order valence-electron chi connectivity index (χ1n) is 8.55. The van der Waals surface area contributed by atoms with E-state index < -0.39 is 15.9 Å². The van der Waals surface area contributed by atoms with Gasteiger partial charge in [0.25, 0.3) is 0 Å². The second-order valence-electron chi connectivity index (χ2n) is 5.87. The van der Waals surface area contributed by atoms with Gasteiger partial charge in [-0.3, -0.25) is 14.1 Å². The van der Waals surface area contributed by atoms with E-state index in [0.717, 1.165) is 9.87 Å². The minimum atomic E-state index is -3.65. The van der Waals surface area contributed by atoms with Gasteiger partial charge in [0.05, 0.1) is 11.4 Å². The van der Waals surface area contributed by atoms with Crippen LogP contribution < -0.4 is 19.1 Å². The lowest BCUT2D eigenvalue weighted by Gasteiger charge is -2.25. The van der Waals surface area contributed by atoms with Crippen molar-refractivity contribution in [1.29, 1.82) is 0 Å². The summed E-state index contributed by atoms with van der Waals surface area (Å²) in [6, 6.07) is 8.40. The number of carbonyl (C=O) groups excluding carboxylic acids is 1. The van der Waals surface area contributed by atoms with Gasteiger partial charge < -0.3 is 14.8 Å². The Morgan fingerprint density at radius 3 is 2.56 bits per heavy atom. The summed E-state index contributed by atoms with van der Waals surface area (Å²) in [6.45, 7) is 2.35. The normalized spacial score (nSPS) is 13.1. The van der Waals surface area contributed by atoms with Crippen LogP contribution in [0.5, 0.6) is 11.5 Å². The van der Waals surface area contributed by atoms with Crippen LogP contribution in [0.15, 0.2) is 42.7 Å². The monoisotopic (exact) mass is 391 g/mol. The number of carbonyl (C=O) groups is 1. The first kappa shape index (κ1) is 19.0. The summed E-state index contributed by atoms with van der Waals surface area (Å²) in [7, 11) is -3.65. The van der Waals surface area contributed by atoms with E-state index in [1.807, 2.05) is 0 Å². The lowest BCUT2D eigenvalue weighted by molar-refractivity contribution is -0.119. The van der Waals surface area contributed by atoms with Crippen LogP contribution in [0.4, 0.5) is 5.69 Å². The average Bonchev–Trinajstić information content (AvgIpc) is 2.70. The number of nitrogens with one attached hydrogen (secondary N) is 1. The number of rotatable bonds is 7. The molecule has 2 heterocycles. The van der Waals surface area contributed by atoms with Crippen LogP contribution >= 0.6 is 0 Å². The smallest absolute Gasteiger partial charge is 0.241 e. The number of pyridine rings is 1. The Morgan fingerprint density at radius 1 is 1.15 bits per heavy atom. The van der Waals surface area contributed by atoms with E-state index in [9.17, 15) is 13.2 Å². The van der Waals surface area contributed by atoms with Gasteiger partial charge in [-0.15, -0.1) is 0 Å². The second kappa shape index (κ2) is 8.26. The summed E-state index contributed by atoms with van der Waals surface area (Å²) in [5.41, 5.74) is 1.24. The average molecular weight is 391 g/mol. The fourth-order valence-electron chi connectivity index (χ4n) is 2.58.